The van der Waals surface area contributed by atoms with Crippen molar-refractivity contribution < 1.29 is 9.53 Å². The maximum absolute atomic E-state index is 12.1. The normalized spacial score (nSPS) is 30.2. The summed E-state index contributed by atoms with van der Waals surface area (Å²) in [7, 11) is 0. The van der Waals surface area contributed by atoms with E-state index in [1.807, 2.05) is 30.7 Å². The minimum Gasteiger partial charge on any atom is -0.444 e. The number of nitrogens with zero attached hydrogens (tertiary/aromatic N) is 2. The van der Waals surface area contributed by atoms with Crippen molar-refractivity contribution in [2.24, 2.45) is 11.8 Å². The Labute approximate surface area is 103 Å². The molecule has 0 aromatic carbocycles. The molecule has 2 fully saturated rings. The van der Waals surface area contributed by atoms with Crippen LogP contribution in [0.1, 0.15) is 33.6 Å². The van der Waals surface area contributed by atoms with E-state index in [1.54, 1.807) is 0 Å². The van der Waals surface area contributed by atoms with E-state index < -0.39 is 5.60 Å². The predicted molar refractivity (Wildman–Crippen MR) is 65.2 cm³/mol. The molecule has 17 heavy (non-hydrogen) atoms. The van der Waals surface area contributed by atoms with E-state index in [0.29, 0.717) is 5.92 Å². The Balaban J connectivity index is 2.02. The van der Waals surface area contributed by atoms with Crippen LogP contribution in [0.3, 0.4) is 0 Å². The molecule has 2 aliphatic heterocycles. The molecule has 98 valence electrons. The molecular formula is C12H23N3O2. The first kappa shape index (κ1) is 12.6. The topological polar surface area (TPSA) is 58.8 Å². The largest absolute Gasteiger partial charge is 0.444 e. The summed E-state index contributed by atoms with van der Waals surface area (Å²) in [5.41, 5.74) is -0.426. The Hall–Kier alpha value is -0.810. The van der Waals surface area contributed by atoms with Crippen LogP contribution in [0, 0.1) is 5.92 Å². The van der Waals surface area contributed by atoms with E-state index in [0.717, 1.165) is 32.5 Å². The van der Waals surface area contributed by atoms with E-state index in [-0.39, 0.29) is 12.1 Å². The van der Waals surface area contributed by atoms with Crippen LogP contribution in [-0.4, -0.2) is 47.3 Å². The van der Waals surface area contributed by atoms with Gasteiger partial charge in [0.2, 0.25) is 0 Å². The standard InChI is InChI=1S/C12H23N3O2/c1-12(2,3)17-11(16)15-6-4-5-9-7-14(13)8-10(9)15/h9-10H,4-8,13H2,1-3H3. The molecule has 2 aliphatic rings. The predicted octanol–water partition coefficient (Wildman–Crippen LogP) is 1.19. The second-order valence-corrected chi connectivity index (χ2v) is 6.10. The molecule has 2 atom stereocenters. The number of piperidine rings is 1. The van der Waals surface area contributed by atoms with E-state index in [1.165, 1.54) is 0 Å². The van der Waals surface area contributed by atoms with Crippen LogP contribution in [0.4, 0.5) is 4.79 Å². The Morgan fingerprint density at radius 1 is 1.35 bits per heavy atom. The quantitative estimate of drug-likeness (QED) is 0.647. The average Bonchev–Trinajstić information content (AvgIpc) is 2.54. The third-order valence-electron chi connectivity index (χ3n) is 3.44. The molecule has 2 saturated heterocycles. The average molecular weight is 241 g/mol. The highest BCUT2D eigenvalue weighted by Gasteiger charge is 2.41. The molecule has 2 rings (SSSR count). The van der Waals surface area contributed by atoms with Gasteiger partial charge in [-0.2, -0.15) is 0 Å². The van der Waals surface area contributed by atoms with Gasteiger partial charge in [-0.1, -0.05) is 0 Å². The van der Waals surface area contributed by atoms with Crippen molar-refractivity contribution in [1.29, 1.82) is 0 Å². The lowest BCUT2D eigenvalue weighted by Crippen LogP contribution is -2.50. The van der Waals surface area contributed by atoms with Gasteiger partial charge in [-0.25, -0.2) is 9.80 Å². The van der Waals surface area contributed by atoms with Gasteiger partial charge in [0.05, 0.1) is 6.04 Å². The zero-order valence-electron chi connectivity index (χ0n) is 11.0. The van der Waals surface area contributed by atoms with Gasteiger partial charge in [-0.05, 0) is 39.5 Å². The minimum atomic E-state index is -0.426. The highest BCUT2D eigenvalue weighted by molar-refractivity contribution is 5.68. The van der Waals surface area contributed by atoms with Crippen molar-refractivity contribution in [2.45, 2.75) is 45.3 Å². The zero-order chi connectivity index (χ0) is 12.6. The van der Waals surface area contributed by atoms with Crippen molar-refractivity contribution in [3.05, 3.63) is 0 Å². The molecule has 0 aromatic heterocycles. The van der Waals surface area contributed by atoms with Crippen LogP contribution >= 0.6 is 0 Å². The van der Waals surface area contributed by atoms with E-state index >= 15 is 0 Å². The van der Waals surface area contributed by atoms with Gasteiger partial charge < -0.3 is 9.64 Å². The van der Waals surface area contributed by atoms with Crippen LogP contribution < -0.4 is 5.84 Å². The Bertz CT molecular complexity index is 301. The number of rotatable bonds is 0. The Morgan fingerprint density at radius 3 is 2.71 bits per heavy atom. The summed E-state index contributed by atoms with van der Waals surface area (Å²) in [4.78, 5) is 14.0. The van der Waals surface area contributed by atoms with E-state index in [9.17, 15) is 4.79 Å². The number of hydrogen-bond acceptors (Lipinski definition) is 4. The fourth-order valence-corrected chi connectivity index (χ4v) is 2.76. The molecular weight excluding hydrogens is 218 g/mol. The smallest absolute Gasteiger partial charge is 0.410 e. The van der Waals surface area contributed by atoms with Crippen molar-refractivity contribution in [3.8, 4) is 0 Å². The Kier molecular flexibility index (Phi) is 3.32. The lowest BCUT2D eigenvalue weighted by molar-refractivity contribution is 0.00624. The minimum absolute atomic E-state index is 0.192. The molecule has 0 bridgehead atoms. The van der Waals surface area contributed by atoms with Gasteiger partial charge in [0, 0.05) is 19.6 Å². The van der Waals surface area contributed by atoms with Crippen LogP contribution in [0.2, 0.25) is 0 Å². The molecule has 1 amide bonds. The Morgan fingerprint density at radius 2 is 2.06 bits per heavy atom. The summed E-state index contributed by atoms with van der Waals surface area (Å²) >= 11 is 0. The van der Waals surface area contributed by atoms with Crippen molar-refractivity contribution >= 4 is 6.09 Å². The molecule has 0 aliphatic carbocycles. The molecule has 0 radical (unpaired) electrons. The van der Waals surface area contributed by atoms with Crippen LogP contribution in [0.25, 0.3) is 0 Å². The first-order valence-electron chi connectivity index (χ1n) is 6.36. The number of fused-ring (bicyclic) bond motifs is 1. The third-order valence-corrected chi connectivity index (χ3v) is 3.44. The van der Waals surface area contributed by atoms with Crippen molar-refractivity contribution in [2.75, 3.05) is 19.6 Å². The number of nitrogens with two attached hydrogens (primary N) is 1. The zero-order valence-corrected chi connectivity index (χ0v) is 11.0. The molecule has 2 unspecified atom stereocenters. The van der Waals surface area contributed by atoms with Crippen LogP contribution in [0.15, 0.2) is 0 Å². The lowest BCUT2D eigenvalue weighted by Gasteiger charge is -2.37. The van der Waals surface area contributed by atoms with E-state index in [4.69, 9.17) is 10.6 Å². The second kappa shape index (κ2) is 4.46. The highest BCUT2D eigenvalue weighted by Crippen LogP contribution is 2.30. The first-order valence-corrected chi connectivity index (χ1v) is 6.36. The number of hydrazine groups is 1. The monoisotopic (exact) mass is 241 g/mol. The first-order chi connectivity index (χ1) is 7.87. The lowest BCUT2D eigenvalue weighted by atomic mass is 9.92. The van der Waals surface area contributed by atoms with Gasteiger partial charge in [0.25, 0.3) is 0 Å². The maximum Gasteiger partial charge on any atom is 0.410 e. The van der Waals surface area contributed by atoms with Gasteiger partial charge in [0.1, 0.15) is 5.60 Å². The van der Waals surface area contributed by atoms with Crippen molar-refractivity contribution in [1.82, 2.24) is 9.91 Å². The number of amides is 1. The number of carbonyl (C=O) groups is 1. The second-order valence-electron chi connectivity index (χ2n) is 6.10. The number of likely N-dealkylation sites (tertiary alicyclic amines) is 1. The SMILES string of the molecule is CC(C)(C)OC(=O)N1CCCC2CN(N)CC21. The molecule has 2 N–H and O–H groups in total. The van der Waals surface area contributed by atoms with Gasteiger partial charge >= 0.3 is 6.09 Å². The summed E-state index contributed by atoms with van der Waals surface area (Å²) in [5.74, 6) is 6.35. The van der Waals surface area contributed by atoms with Crippen LogP contribution in [0.5, 0.6) is 0 Å². The fraction of sp³-hybridized carbons (Fsp3) is 0.917. The molecule has 0 aromatic rings. The highest BCUT2D eigenvalue weighted by atomic mass is 16.6. The van der Waals surface area contributed by atoms with E-state index in [2.05, 4.69) is 0 Å². The molecule has 5 heteroatoms. The maximum atomic E-state index is 12.1. The third kappa shape index (κ3) is 2.90. The molecule has 5 nitrogen and oxygen atoms in total. The summed E-state index contributed by atoms with van der Waals surface area (Å²) in [5, 5.41) is 1.82. The summed E-state index contributed by atoms with van der Waals surface area (Å²) in [6.45, 7) is 8.15. The van der Waals surface area contributed by atoms with Gasteiger partial charge in [-0.15, -0.1) is 0 Å². The molecule has 0 saturated carbocycles. The molecule has 0 spiro atoms. The summed E-state index contributed by atoms with van der Waals surface area (Å²) < 4.78 is 5.45. The van der Waals surface area contributed by atoms with Crippen LogP contribution in [-0.2, 0) is 4.74 Å². The molecule has 2 heterocycles. The fourth-order valence-electron chi connectivity index (χ4n) is 2.76. The van der Waals surface area contributed by atoms with Crippen molar-refractivity contribution in [3.63, 3.8) is 0 Å². The number of carbonyl (C=O) groups excluding carboxylic acids is 1. The summed E-state index contributed by atoms with van der Waals surface area (Å²) in [6.07, 6.45) is 2.02. The van der Waals surface area contributed by atoms with Gasteiger partial charge in [-0.3, -0.25) is 5.84 Å². The number of hydrogen-bond donors (Lipinski definition) is 1. The summed E-state index contributed by atoms with van der Waals surface area (Å²) in [6, 6.07) is 0.239. The number of ether oxygens (including phenoxy) is 1. The van der Waals surface area contributed by atoms with Gasteiger partial charge in [0.15, 0.2) is 0 Å².